The molecule has 3 aromatic carbocycles. The number of nitro groups is 1. The topological polar surface area (TPSA) is 86.0 Å². The van der Waals surface area contributed by atoms with E-state index in [-0.39, 0.29) is 12.3 Å². The van der Waals surface area contributed by atoms with Gasteiger partial charge in [0.05, 0.1) is 27.4 Å². The lowest BCUT2D eigenvalue weighted by molar-refractivity contribution is -0.384. The van der Waals surface area contributed by atoms with Gasteiger partial charge in [-0.15, -0.1) is 0 Å². The summed E-state index contributed by atoms with van der Waals surface area (Å²) in [6.45, 7) is 0.221. The Morgan fingerprint density at radius 3 is 2.59 bits per heavy atom. The molecule has 7 nitrogen and oxygen atoms in total. The lowest BCUT2D eigenvalue weighted by Gasteiger charge is -2.14. The molecule has 0 aliphatic heterocycles. The zero-order chi connectivity index (χ0) is 24.9. The maximum absolute atomic E-state index is 12.8. The van der Waals surface area contributed by atoms with Crippen LogP contribution in [0.15, 0.2) is 59.7 Å². The minimum absolute atomic E-state index is 0.185. The summed E-state index contributed by atoms with van der Waals surface area (Å²) in [7, 11) is 1.47. The van der Waals surface area contributed by atoms with Crippen molar-refractivity contribution in [2.24, 2.45) is 5.10 Å². The van der Waals surface area contributed by atoms with Crippen LogP contribution in [0, 0.1) is 13.7 Å². The zero-order valence-corrected chi connectivity index (χ0v) is 20.3. The van der Waals surface area contributed by atoms with Crippen molar-refractivity contribution in [2.75, 3.05) is 12.5 Å². The molecule has 0 spiro atoms. The molecule has 178 valence electrons. The fraction of sp³-hybridized carbons (Fsp3) is 0.136. The molecule has 3 rings (SSSR count). The smallest absolute Gasteiger partial charge is 0.416 e. The van der Waals surface area contributed by atoms with E-state index in [1.807, 2.05) is 18.2 Å². The van der Waals surface area contributed by atoms with Gasteiger partial charge in [-0.1, -0.05) is 29.8 Å². The number of rotatable bonds is 8. The quantitative estimate of drug-likeness (QED) is 0.131. The Balaban J connectivity index is 1.78. The van der Waals surface area contributed by atoms with Gasteiger partial charge in [0.1, 0.15) is 12.3 Å². The van der Waals surface area contributed by atoms with Crippen LogP contribution in [0.25, 0.3) is 0 Å². The Labute approximate surface area is 210 Å². The lowest BCUT2D eigenvalue weighted by atomic mass is 10.1. The summed E-state index contributed by atoms with van der Waals surface area (Å²) in [6, 6.07) is 12.8. The highest BCUT2D eigenvalue weighted by atomic mass is 127. The van der Waals surface area contributed by atoms with E-state index in [1.54, 1.807) is 18.2 Å². The fourth-order valence-electron chi connectivity index (χ4n) is 2.85. The third kappa shape index (κ3) is 6.29. The van der Waals surface area contributed by atoms with Crippen LogP contribution in [0.4, 0.5) is 24.5 Å². The van der Waals surface area contributed by atoms with Gasteiger partial charge in [-0.3, -0.25) is 15.5 Å². The van der Waals surface area contributed by atoms with E-state index < -0.39 is 22.4 Å². The van der Waals surface area contributed by atoms with Gasteiger partial charge in [-0.05, 0) is 58.5 Å². The van der Waals surface area contributed by atoms with Crippen LogP contribution in [0.5, 0.6) is 11.5 Å². The summed E-state index contributed by atoms with van der Waals surface area (Å²) in [4.78, 5) is 10.3. The zero-order valence-electron chi connectivity index (χ0n) is 17.4. The number of ether oxygens (including phenoxy) is 2. The summed E-state index contributed by atoms with van der Waals surface area (Å²) < 4.78 is 50.5. The average Bonchev–Trinajstić information content (AvgIpc) is 2.78. The van der Waals surface area contributed by atoms with E-state index in [0.717, 1.165) is 17.7 Å². The first-order valence-corrected chi connectivity index (χ1v) is 10.9. The van der Waals surface area contributed by atoms with E-state index >= 15 is 0 Å². The Morgan fingerprint density at radius 2 is 1.94 bits per heavy atom. The van der Waals surface area contributed by atoms with Crippen LogP contribution in [-0.2, 0) is 12.8 Å². The van der Waals surface area contributed by atoms with Crippen molar-refractivity contribution in [1.29, 1.82) is 0 Å². The van der Waals surface area contributed by atoms with Crippen LogP contribution in [0.1, 0.15) is 16.7 Å². The van der Waals surface area contributed by atoms with Crippen LogP contribution in [-0.4, -0.2) is 18.2 Å². The van der Waals surface area contributed by atoms with Gasteiger partial charge in [-0.25, -0.2) is 0 Å². The number of benzene rings is 3. The van der Waals surface area contributed by atoms with Crippen molar-refractivity contribution in [3.05, 3.63) is 90.0 Å². The monoisotopic (exact) mass is 605 g/mol. The highest BCUT2D eigenvalue weighted by molar-refractivity contribution is 14.1. The summed E-state index contributed by atoms with van der Waals surface area (Å²) in [5.41, 5.74) is 1.72. The van der Waals surface area contributed by atoms with Crippen molar-refractivity contribution in [2.45, 2.75) is 12.8 Å². The molecule has 0 amide bonds. The highest BCUT2D eigenvalue weighted by Crippen LogP contribution is 2.36. The van der Waals surface area contributed by atoms with Gasteiger partial charge in [0.2, 0.25) is 0 Å². The van der Waals surface area contributed by atoms with Gasteiger partial charge < -0.3 is 9.47 Å². The Kier molecular flexibility index (Phi) is 8.20. The van der Waals surface area contributed by atoms with Gasteiger partial charge in [0, 0.05) is 16.7 Å². The third-order valence-electron chi connectivity index (χ3n) is 4.50. The molecule has 0 bridgehead atoms. The summed E-state index contributed by atoms with van der Waals surface area (Å²) in [5.74, 6) is 0.910. The van der Waals surface area contributed by atoms with Crippen molar-refractivity contribution in [3.8, 4) is 11.5 Å². The molecule has 0 atom stereocenters. The van der Waals surface area contributed by atoms with E-state index in [4.69, 9.17) is 21.1 Å². The van der Waals surface area contributed by atoms with E-state index in [1.165, 1.54) is 13.3 Å². The number of alkyl halides is 3. The number of methoxy groups -OCH3 is 1. The summed E-state index contributed by atoms with van der Waals surface area (Å²) in [5, 5.41) is 15.7. The minimum atomic E-state index is -4.70. The molecule has 0 fully saturated rings. The molecule has 12 heteroatoms. The molecule has 0 saturated heterocycles. The molecule has 0 radical (unpaired) electrons. The van der Waals surface area contributed by atoms with Crippen molar-refractivity contribution in [3.63, 3.8) is 0 Å². The van der Waals surface area contributed by atoms with Gasteiger partial charge in [0.25, 0.3) is 5.69 Å². The molecule has 0 heterocycles. The first-order valence-electron chi connectivity index (χ1n) is 9.48. The first kappa shape index (κ1) is 25.6. The second-order valence-corrected chi connectivity index (χ2v) is 8.34. The van der Waals surface area contributed by atoms with Crippen molar-refractivity contribution in [1.82, 2.24) is 0 Å². The van der Waals surface area contributed by atoms with Crippen molar-refractivity contribution < 1.29 is 27.6 Å². The third-order valence-corrected chi connectivity index (χ3v) is 5.67. The molecule has 34 heavy (non-hydrogen) atoms. The molecule has 0 aromatic heterocycles. The molecular formula is C22H16ClF3IN3O4. The number of hydrogen-bond donors (Lipinski definition) is 1. The normalized spacial score (nSPS) is 11.5. The number of hydrogen-bond acceptors (Lipinski definition) is 6. The predicted molar refractivity (Wildman–Crippen MR) is 131 cm³/mol. The molecular weight excluding hydrogens is 590 g/mol. The van der Waals surface area contributed by atoms with Crippen LogP contribution in [0.3, 0.4) is 0 Å². The van der Waals surface area contributed by atoms with E-state index in [9.17, 15) is 23.3 Å². The Morgan fingerprint density at radius 1 is 1.21 bits per heavy atom. The lowest BCUT2D eigenvalue weighted by Crippen LogP contribution is -2.06. The fourth-order valence-corrected chi connectivity index (χ4v) is 3.82. The standard InChI is InChI=1S/C22H16ClF3IN3O4/c1-33-20-9-13(8-17(27)21(20)34-12-14-4-2-3-5-16(14)23)11-28-29-18-7-6-15(22(24,25)26)10-19(18)30(31)32/h2-11,29H,12H2,1H3/b28-11-. The number of halogens is 5. The minimum Gasteiger partial charge on any atom is -0.493 e. The molecule has 1 N–H and O–H groups in total. The Hall–Kier alpha value is -3.06. The number of nitrogens with zero attached hydrogens (tertiary/aromatic N) is 2. The van der Waals surface area contributed by atoms with Gasteiger partial charge >= 0.3 is 6.18 Å². The first-order chi connectivity index (χ1) is 16.1. The predicted octanol–water partition coefficient (Wildman–Crippen LogP) is 6.91. The van der Waals surface area contributed by atoms with Gasteiger partial charge in [-0.2, -0.15) is 18.3 Å². The maximum Gasteiger partial charge on any atom is 0.416 e. The number of anilines is 1. The summed E-state index contributed by atoms with van der Waals surface area (Å²) >= 11 is 8.22. The SMILES string of the molecule is COc1cc(/C=N\Nc2ccc(C(F)(F)F)cc2[N+](=O)[O-])cc(I)c1OCc1ccccc1Cl. The second kappa shape index (κ2) is 10.9. The summed E-state index contributed by atoms with van der Waals surface area (Å²) in [6.07, 6.45) is -3.35. The van der Waals surface area contributed by atoms with E-state index in [0.29, 0.717) is 31.7 Å². The van der Waals surface area contributed by atoms with E-state index in [2.05, 4.69) is 33.1 Å². The maximum atomic E-state index is 12.8. The Bertz CT molecular complexity index is 1240. The number of nitro benzene ring substituents is 1. The van der Waals surface area contributed by atoms with Crippen LogP contribution < -0.4 is 14.9 Å². The van der Waals surface area contributed by atoms with Crippen LogP contribution >= 0.6 is 34.2 Å². The number of nitrogens with one attached hydrogen (secondary N) is 1. The largest absolute Gasteiger partial charge is 0.493 e. The van der Waals surface area contributed by atoms with Gasteiger partial charge in [0.15, 0.2) is 11.5 Å². The molecule has 0 aliphatic carbocycles. The van der Waals surface area contributed by atoms with Crippen LogP contribution in [0.2, 0.25) is 5.02 Å². The molecule has 0 saturated carbocycles. The average molecular weight is 606 g/mol. The van der Waals surface area contributed by atoms with Crippen molar-refractivity contribution >= 4 is 51.8 Å². The number of hydrazone groups is 1. The second-order valence-electron chi connectivity index (χ2n) is 6.77. The molecule has 0 unspecified atom stereocenters. The molecule has 3 aromatic rings. The molecule has 0 aliphatic rings. The highest BCUT2D eigenvalue weighted by Gasteiger charge is 2.33.